The van der Waals surface area contributed by atoms with E-state index in [1.807, 2.05) is 12.1 Å². The zero-order chi connectivity index (χ0) is 18.4. The summed E-state index contributed by atoms with van der Waals surface area (Å²) < 4.78 is 0. The number of hydrogen-bond acceptors (Lipinski definition) is 5. The largest absolute Gasteiger partial charge is 0.354 e. The Morgan fingerprint density at radius 1 is 1.12 bits per heavy atom. The third-order valence-corrected chi connectivity index (χ3v) is 4.74. The summed E-state index contributed by atoms with van der Waals surface area (Å²) in [5.74, 6) is 0.609. The lowest BCUT2D eigenvalue weighted by atomic mass is 10.1. The smallest absolute Gasteiger partial charge is 0.274 e. The predicted octanol–water partition coefficient (Wildman–Crippen LogP) is 2.82. The molecular weight excluding hydrogens is 326 g/mol. The number of nitrogens with zero attached hydrogens (tertiary/aromatic N) is 4. The van der Waals surface area contributed by atoms with Crippen molar-refractivity contribution >= 4 is 17.4 Å². The van der Waals surface area contributed by atoms with Crippen LogP contribution in [0.4, 0.5) is 11.5 Å². The van der Waals surface area contributed by atoms with Crippen molar-refractivity contribution in [3.63, 3.8) is 0 Å². The van der Waals surface area contributed by atoms with E-state index >= 15 is 0 Å². The van der Waals surface area contributed by atoms with Gasteiger partial charge in [0.1, 0.15) is 17.8 Å². The van der Waals surface area contributed by atoms with Gasteiger partial charge in [0.05, 0.1) is 0 Å². The van der Waals surface area contributed by atoms with E-state index in [2.05, 4.69) is 51.2 Å². The molecule has 0 radical (unpaired) electrons. The molecule has 0 spiro atoms. The second-order valence-corrected chi connectivity index (χ2v) is 6.81. The van der Waals surface area contributed by atoms with Crippen LogP contribution in [-0.2, 0) is 6.42 Å². The minimum atomic E-state index is -0.205. The maximum atomic E-state index is 12.5. The second kappa shape index (κ2) is 8.76. The van der Waals surface area contributed by atoms with Crippen LogP contribution in [0.3, 0.4) is 0 Å². The van der Waals surface area contributed by atoms with Gasteiger partial charge in [-0.3, -0.25) is 4.79 Å². The lowest BCUT2D eigenvalue weighted by Crippen LogP contribution is -2.44. The first-order chi connectivity index (χ1) is 12.7. The van der Waals surface area contributed by atoms with Gasteiger partial charge < -0.3 is 15.1 Å². The molecule has 2 aromatic rings. The maximum absolute atomic E-state index is 12.5. The number of piperazine rings is 1. The van der Waals surface area contributed by atoms with E-state index in [9.17, 15) is 4.79 Å². The van der Waals surface area contributed by atoms with Crippen molar-refractivity contribution in [2.45, 2.75) is 26.2 Å². The normalized spacial score (nSPS) is 15.1. The van der Waals surface area contributed by atoms with Crippen molar-refractivity contribution in [2.75, 3.05) is 43.4 Å². The van der Waals surface area contributed by atoms with Crippen molar-refractivity contribution in [1.82, 2.24) is 14.9 Å². The number of rotatable bonds is 6. The Labute approximate surface area is 155 Å². The molecule has 1 amide bonds. The van der Waals surface area contributed by atoms with Crippen LogP contribution in [-0.4, -0.2) is 54.0 Å². The molecule has 1 fully saturated rings. The number of nitrogens with one attached hydrogen (secondary N) is 1. The summed E-state index contributed by atoms with van der Waals surface area (Å²) >= 11 is 0. The summed E-state index contributed by atoms with van der Waals surface area (Å²) in [4.78, 5) is 25.5. The first kappa shape index (κ1) is 18.3. The summed E-state index contributed by atoms with van der Waals surface area (Å²) in [6.45, 7) is 6.00. The summed E-state index contributed by atoms with van der Waals surface area (Å²) in [5.41, 5.74) is 2.48. The van der Waals surface area contributed by atoms with Crippen LogP contribution in [0.1, 0.15) is 35.8 Å². The summed E-state index contributed by atoms with van der Waals surface area (Å²) in [7, 11) is 2.11. The molecule has 3 rings (SSSR count). The molecule has 0 unspecified atom stereocenters. The van der Waals surface area contributed by atoms with Crippen LogP contribution < -0.4 is 10.2 Å². The first-order valence-electron chi connectivity index (χ1n) is 9.31. The van der Waals surface area contributed by atoms with E-state index in [1.165, 1.54) is 24.7 Å². The van der Waals surface area contributed by atoms with Crippen molar-refractivity contribution < 1.29 is 4.79 Å². The van der Waals surface area contributed by atoms with Crippen LogP contribution in [0.2, 0.25) is 0 Å². The molecular formula is C20H27N5O. The van der Waals surface area contributed by atoms with Gasteiger partial charge in [0.15, 0.2) is 0 Å². The highest BCUT2D eigenvalue weighted by atomic mass is 16.1. The molecule has 1 aromatic carbocycles. The second-order valence-electron chi connectivity index (χ2n) is 6.81. The fourth-order valence-electron chi connectivity index (χ4n) is 3.01. The minimum Gasteiger partial charge on any atom is -0.354 e. The van der Waals surface area contributed by atoms with Gasteiger partial charge >= 0.3 is 0 Å². The molecule has 0 aliphatic carbocycles. The molecule has 2 heterocycles. The molecule has 1 aliphatic heterocycles. The fourth-order valence-corrected chi connectivity index (χ4v) is 3.01. The maximum Gasteiger partial charge on any atom is 0.274 e. The lowest BCUT2D eigenvalue weighted by Gasteiger charge is -2.33. The van der Waals surface area contributed by atoms with Gasteiger partial charge in [-0.25, -0.2) is 9.97 Å². The van der Waals surface area contributed by atoms with Gasteiger partial charge in [0, 0.05) is 37.9 Å². The molecule has 6 heteroatoms. The van der Waals surface area contributed by atoms with Crippen molar-refractivity contribution in [3.05, 3.63) is 47.9 Å². The summed E-state index contributed by atoms with van der Waals surface area (Å²) in [6, 6.07) is 9.81. The predicted molar refractivity (Wildman–Crippen MR) is 105 cm³/mol. The fraction of sp³-hybridized carbons (Fsp3) is 0.450. The van der Waals surface area contributed by atoms with Gasteiger partial charge in [-0.05, 0) is 37.6 Å². The molecule has 1 aromatic heterocycles. The summed E-state index contributed by atoms with van der Waals surface area (Å²) in [5, 5.41) is 2.92. The zero-order valence-electron chi connectivity index (χ0n) is 15.6. The Kier molecular flexibility index (Phi) is 6.17. The monoisotopic (exact) mass is 353 g/mol. The minimum absolute atomic E-state index is 0.205. The van der Waals surface area contributed by atoms with Gasteiger partial charge in [-0.1, -0.05) is 25.5 Å². The van der Waals surface area contributed by atoms with Crippen LogP contribution in [0, 0.1) is 0 Å². The van der Waals surface area contributed by atoms with E-state index in [0.717, 1.165) is 44.1 Å². The molecule has 1 aliphatic rings. The number of amides is 1. The Morgan fingerprint density at radius 3 is 2.54 bits per heavy atom. The number of hydrogen-bond donors (Lipinski definition) is 1. The highest BCUT2D eigenvalue weighted by Crippen LogP contribution is 2.16. The number of likely N-dealkylation sites (N-methyl/N-ethyl adjacent to an activating group) is 1. The van der Waals surface area contributed by atoms with E-state index in [4.69, 9.17) is 0 Å². The Morgan fingerprint density at radius 2 is 1.85 bits per heavy atom. The number of unbranched alkanes of at least 4 members (excludes halogenated alkanes) is 1. The average Bonchev–Trinajstić information content (AvgIpc) is 2.68. The quantitative estimate of drug-likeness (QED) is 0.865. The number of benzene rings is 1. The van der Waals surface area contributed by atoms with Gasteiger partial charge in [-0.2, -0.15) is 0 Å². The Balaban J connectivity index is 1.63. The van der Waals surface area contributed by atoms with Crippen LogP contribution in [0.5, 0.6) is 0 Å². The number of aryl methyl sites for hydroxylation is 1. The van der Waals surface area contributed by atoms with Gasteiger partial charge in [0.2, 0.25) is 0 Å². The lowest BCUT2D eigenvalue weighted by molar-refractivity contribution is 0.102. The zero-order valence-corrected chi connectivity index (χ0v) is 15.6. The van der Waals surface area contributed by atoms with Crippen molar-refractivity contribution in [3.8, 4) is 0 Å². The van der Waals surface area contributed by atoms with Gasteiger partial charge in [-0.15, -0.1) is 0 Å². The van der Waals surface area contributed by atoms with E-state index in [0.29, 0.717) is 5.69 Å². The van der Waals surface area contributed by atoms with Crippen LogP contribution >= 0.6 is 0 Å². The highest BCUT2D eigenvalue weighted by Gasteiger charge is 2.17. The molecule has 6 nitrogen and oxygen atoms in total. The molecule has 0 saturated carbocycles. The Hall–Kier alpha value is -2.47. The first-order valence-corrected chi connectivity index (χ1v) is 9.31. The molecule has 26 heavy (non-hydrogen) atoms. The van der Waals surface area contributed by atoms with Gasteiger partial charge in [0.25, 0.3) is 5.91 Å². The SMILES string of the molecule is CCCCc1ccc(NC(=O)c2cc(N3CCN(C)CC3)ncn2)cc1. The third-order valence-electron chi connectivity index (χ3n) is 4.74. The standard InChI is InChI=1S/C20H27N5O/c1-3-4-5-16-6-8-17(9-7-16)23-20(26)18-14-19(22-15-21-18)25-12-10-24(2)11-13-25/h6-9,14-15H,3-5,10-13H2,1-2H3,(H,23,26). The number of carbonyl (C=O) groups excluding carboxylic acids is 1. The highest BCUT2D eigenvalue weighted by molar-refractivity contribution is 6.03. The molecule has 1 N–H and O–H groups in total. The molecule has 0 bridgehead atoms. The number of carbonyl (C=O) groups is 1. The summed E-state index contributed by atoms with van der Waals surface area (Å²) in [6.07, 6.45) is 4.91. The average molecular weight is 353 g/mol. The van der Waals surface area contributed by atoms with E-state index < -0.39 is 0 Å². The van der Waals surface area contributed by atoms with Crippen LogP contribution in [0.25, 0.3) is 0 Å². The molecule has 1 saturated heterocycles. The number of anilines is 2. The molecule has 0 atom stereocenters. The number of aromatic nitrogens is 2. The van der Waals surface area contributed by atoms with Crippen LogP contribution in [0.15, 0.2) is 36.7 Å². The van der Waals surface area contributed by atoms with E-state index in [1.54, 1.807) is 6.07 Å². The van der Waals surface area contributed by atoms with Crippen molar-refractivity contribution in [1.29, 1.82) is 0 Å². The third kappa shape index (κ3) is 4.79. The molecule has 138 valence electrons. The van der Waals surface area contributed by atoms with Crippen molar-refractivity contribution in [2.24, 2.45) is 0 Å². The van der Waals surface area contributed by atoms with E-state index in [-0.39, 0.29) is 5.91 Å². The topological polar surface area (TPSA) is 61.4 Å². The Bertz CT molecular complexity index is 723.